The maximum atomic E-state index is 12.4. The molecule has 13 heteroatoms. The van der Waals surface area contributed by atoms with E-state index >= 15 is 0 Å². The van der Waals surface area contributed by atoms with Gasteiger partial charge in [0.2, 0.25) is 0 Å². The second-order valence-corrected chi connectivity index (χ2v) is 15.4. The first kappa shape index (κ1) is 46.3. The van der Waals surface area contributed by atoms with Crippen molar-refractivity contribution in [2.45, 2.75) is 114 Å². The Kier molecular flexibility index (Phi) is 20.8. The van der Waals surface area contributed by atoms with Crippen LogP contribution in [0.3, 0.4) is 0 Å². The third-order valence-electron chi connectivity index (χ3n) is 8.29. The van der Waals surface area contributed by atoms with Gasteiger partial charge in [0.1, 0.15) is 32.3 Å². The maximum Gasteiger partial charge on any atom is 2.00 e. The number of benzene rings is 4. The molecule has 10 nitrogen and oxygen atoms in total. The van der Waals surface area contributed by atoms with Crippen molar-refractivity contribution in [3.8, 4) is 34.5 Å². The zero-order valence-corrected chi connectivity index (χ0v) is 34.5. The SMILES string of the molecule is CCCCCCCCc1cc(O)c(Oc2ccccc2)c(S(=O)(=O)O)c1.CCCCCCCCc1cc([O-])c(Oc2ccccc2)c(S(=O)(=O)[O-])c1.[Ca+2]. The molecule has 0 aliphatic carbocycles. The minimum atomic E-state index is -4.82. The van der Waals surface area contributed by atoms with E-state index in [2.05, 4.69) is 13.8 Å². The molecule has 4 aromatic carbocycles. The van der Waals surface area contributed by atoms with Crippen molar-refractivity contribution in [3.05, 3.63) is 96.1 Å². The van der Waals surface area contributed by atoms with E-state index < -0.39 is 41.5 Å². The first-order chi connectivity index (χ1) is 24.8. The quantitative estimate of drug-likeness (QED) is 0.0499. The van der Waals surface area contributed by atoms with Crippen LogP contribution < -0.4 is 14.6 Å². The van der Waals surface area contributed by atoms with E-state index in [1.165, 1.54) is 62.8 Å². The van der Waals surface area contributed by atoms with Gasteiger partial charge >= 0.3 is 37.7 Å². The zero-order valence-electron chi connectivity index (χ0n) is 30.7. The fourth-order valence-electron chi connectivity index (χ4n) is 5.57. The van der Waals surface area contributed by atoms with Crippen LogP contribution in [0.15, 0.2) is 94.7 Å². The van der Waals surface area contributed by atoms with Crippen molar-refractivity contribution < 1.29 is 45.6 Å². The molecule has 53 heavy (non-hydrogen) atoms. The van der Waals surface area contributed by atoms with Gasteiger partial charge in [-0.05, 0) is 79.3 Å². The van der Waals surface area contributed by atoms with E-state index in [9.17, 15) is 36.2 Å². The van der Waals surface area contributed by atoms with Gasteiger partial charge in [0.15, 0.2) is 11.5 Å². The first-order valence-electron chi connectivity index (χ1n) is 17.9. The van der Waals surface area contributed by atoms with Gasteiger partial charge in [-0.15, -0.1) is 0 Å². The summed E-state index contributed by atoms with van der Waals surface area (Å²) in [7, 11) is -9.34. The topological polar surface area (TPSA) is 173 Å². The van der Waals surface area contributed by atoms with Crippen molar-refractivity contribution in [3.63, 3.8) is 0 Å². The molecule has 0 saturated carbocycles. The molecule has 4 rings (SSSR count). The van der Waals surface area contributed by atoms with E-state index in [1.54, 1.807) is 60.7 Å². The number of aryl methyl sites for hydroxylation is 2. The first-order valence-corrected chi connectivity index (χ1v) is 20.8. The molecule has 0 unspecified atom stereocenters. The molecule has 0 saturated heterocycles. The largest absolute Gasteiger partial charge is 2.00 e. The molecule has 0 atom stereocenters. The Morgan fingerprint density at radius 3 is 1.45 bits per heavy atom. The Labute approximate surface area is 345 Å². The van der Waals surface area contributed by atoms with Crippen LogP contribution in [-0.2, 0) is 33.1 Å². The number of hydrogen-bond donors (Lipinski definition) is 2. The summed E-state index contributed by atoms with van der Waals surface area (Å²) in [5.41, 5.74) is 1.21. The van der Waals surface area contributed by atoms with Gasteiger partial charge in [-0.1, -0.05) is 126 Å². The van der Waals surface area contributed by atoms with Gasteiger partial charge in [-0.25, -0.2) is 8.42 Å². The Morgan fingerprint density at radius 2 is 1.00 bits per heavy atom. The van der Waals surface area contributed by atoms with Crippen LogP contribution in [0.25, 0.3) is 0 Å². The molecule has 0 aliphatic heterocycles. The van der Waals surface area contributed by atoms with E-state index in [0.717, 1.165) is 38.5 Å². The normalized spacial score (nSPS) is 11.2. The molecule has 0 spiro atoms. The minimum Gasteiger partial charge on any atom is -0.870 e. The predicted octanol–water partition coefficient (Wildman–Crippen LogP) is 9.31. The number of para-hydroxylation sites is 2. The summed E-state index contributed by atoms with van der Waals surface area (Å²) >= 11 is 0. The van der Waals surface area contributed by atoms with Crippen LogP contribution in [0.1, 0.15) is 102 Å². The molecule has 284 valence electrons. The Balaban J connectivity index is 0.000000360. The predicted molar refractivity (Wildman–Crippen MR) is 205 cm³/mol. The average molecular weight is 795 g/mol. The number of rotatable bonds is 20. The summed E-state index contributed by atoms with van der Waals surface area (Å²) in [5.74, 6) is -0.908. The third-order valence-corrected chi connectivity index (χ3v) is 9.99. The molecule has 0 amide bonds. The van der Waals surface area contributed by atoms with Crippen LogP contribution >= 0.6 is 0 Å². The van der Waals surface area contributed by atoms with Gasteiger partial charge in [-0.3, -0.25) is 4.55 Å². The summed E-state index contributed by atoms with van der Waals surface area (Å²) in [6.07, 6.45) is 14.4. The van der Waals surface area contributed by atoms with Crippen molar-refractivity contribution in [1.29, 1.82) is 0 Å². The zero-order chi connectivity index (χ0) is 38.0. The molecule has 0 fully saturated rings. The number of unbranched alkanes of at least 4 members (excludes halogenated alkanes) is 10. The number of ether oxygens (including phenoxy) is 2. The van der Waals surface area contributed by atoms with Gasteiger partial charge < -0.3 is 24.2 Å². The fourth-order valence-corrected chi connectivity index (χ4v) is 6.92. The summed E-state index contributed by atoms with van der Waals surface area (Å²) in [4.78, 5) is -1.00. The van der Waals surface area contributed by atoms with Crippen LogP contribution in [0.5, 0.6) is 34.5 Å². The van der Waals surface area contributed by atoms with E-state index in [4.69, 9.17) is 9.47 Å². The van der Waals surface area contributed by atoms with Gasteiger partial charge in [0.05, 0.1) is 4.90 Å². The molecule has 0 aliphatic rings. The standard InChI is InChI=1S/2C20H26O5S.Ca/c2*1-2-3-4-5-6-8-11-16-14-18(21)20(19(15-16)26(22,23)24)25-17-12-9-7-10-13-17;/h2*7,9-10,12-15,21H,2-6,8,11H2,1H3,(H,22,23,24);/q;;+2/p-2. The monoisotopic (exact) mass is 794 g/mol. The van der Waals surface area contributed by atoms with Crippen LogP contribution in [0.2, 0.25) is 0 Å². The number of aromatic hydroxyl groups is 1. The number of phenolic OH excluding ortho intramolecular Hbond substituents is 1. The second kappa shape index (κ2) is 23.8. The number of hydrogen-bond acceptors (Lipinski definition) is 9. The summed E-state index contributed by atoms with van der Waals surface area (Å²) in [6, 6.07) is 22.4. The molecule has 0 heterocycles. The fraction of sp³-hybridized carbons (Fsp3) is 0.400. The Hall–Kier alpha value is -2.84. The smallest absolute Gasteiger partial charge is 0.870 e. The van der Waals surface area contributed by atoms with Gasteiger partial charge in [0, 0.05) is 0 Å². The van der Waals surface area contributed by atoms with E-state index in [0.29, 0.717) is 35.5 Å². The molecule has 2 N–H and O–H groups in total. The molecule has 4 aromatic rings. The molecule has 0 radical (unpaired) electrons. The molecule has 0 aromatic heterocycles. The summed E-state index contributed by atoms with van der Waals surface area (Å²) < 4.78 is 78.8. The van der Waals surface area contributed by atoms with Crippen molar-refractivity contribution in [1.82, 2.24) is 0 Å². The minimum absolute atomic E-state index is 0. The molecular weight excluding hydrogens is 745 g/mol. The summed E-state index contributed by atoms with van der Waals surface area (Å²) in [5, 5.41) is 22.6. The molecular formula is C40H50CaO10S2. The van der Waals surface area contributed by atoms with Crippen LogP contribution in [0, 0.1) is 0 Å². The maximum absolute atomic E-state index is 12.4. The Morgan fingerprint density at radius 1 is 0.585 bits per heavy atom. The van der Waals surface area contributed by atoms with E-state index in [1.807, 2.05) is 0 Å². The Bertz CT molecular complexity index is 1750. The summed E-state index contributed by atoms with van der Waals surface area (Å²) in [6.45, 7) is 4.32. The van der Waals surface area contributed by atoms with Crippen molar-refractivity contribution >= 4 is 58.0 Å². The average Bonchev–Trinajstić information content (AvgIpc) is 3.10. The van der Waals surface area contributed by atoms with Gasteiger partial charge in [-0.2, -0.15) is 8.42 Å². The second-order valence-electron chi connectivity index (χ2n) is 12.7. The van der Waals surface area contributed by atoms with Gasteiger partial charge in [0.25, 0.3) is 10.1 Å². The van der Waals surface area contributed by atoms with Crippen LogP contribution in [-0.4, -0.2) is 68.8 Å². The van der Waals surface area contributed by atoms with Crippen molar-refractivity contribution in [2.75, 3.05) is 0 Å². The van der Waals surface area contributed by atoms with Crippen LogP contribution in [0.4, 0.5) is 0 Å². The number of phenols is 1. The third kappa shape index (κ3) is 16.6. The van der Waals surface area contributed by atoms with E-state index in [-0.39, 0.29) is 49.2 Å². The van der Waals surface area contributed by atoms with Crippen molar-refractivity contribution in [2.24, 2.45) is 0 Å². The molecule has 0 bridgehead atoms.